The average Bonchev–Trinajstić information content (AvgIpc) is 2.74. The van der Waals surface area contributed by atoms with E-state index in [2.05, 4.69) is 43.4 Å². The summed E-state index contributed by atoms with van der Waals surface area (Å²) < 4.78 is 1.25. The molecule has 2 amide bonds. The van der Waals surface area contributed by atoms with Gasteiger partial charge in [-0.3, -0.25) is 9.48 Å². The second kappa shape index (κ2) is 7.66. The standard InChI is InChI=1S/C14H24N4O3/c1-9(2)12(10(3)4)6-15-14(21)17-11-5-16-18(7-11)8-13(19)20/h5,7,9-10,12H,6,8H2,1-4H3,(H,19,20)(H2,15,17,21). The van der Waals surface area contributed by atoms with Crippen LogP contribution in [0.3, 0.4) is 0 Å². The van der Waals surface area contributed by atoms with Crippen LogP contribution in [0.25, 0.3) is 0 Å². The smallest absolute Gasteiger partial charge is 0.325 e. The van der Waals surface area contributed by atoms with Crippen LogP contribution in [0.4, 0.5) is 10.5 Å². The molecule has 21 heavy (non-hydrogen) atoms. The van der Waals surface area contributed by atoms with Gasteiger partial charge in [0, 0.05) is 12.7 Å². The van der Waals surface area contributed by atoms with Gasteiger partial charge in [0.25, 0.3) is 0 Å². The highest BCUT2D eigenvalue weighted by Gasteiger charge is 2.18. The molecule has 118 valence electrons. The van der Waals surface area contributed by atoms with Gasteiger partial charge in [-0.05, 0) is 17.8 Å². The number of urea groups is 1. The lowest BCUT2D eigenvalue weighted by Gasteiger charge is -2.24. The summed E-state index contributed by atoms with van der Waals surface area (Å²) in [7, 11) is 0. The predicted molar refractivity (Wildman–Crippen MR) is 80.1 cm³/mol. The summed E-state index contributed by atoms with van der Waals surface area (Å²) in [5, 5.41) is 18.0. The third kappa shape index (κ3) is 5.85. The lowest BCUT2D eigenvalue weighted by molar-refractivity contribution is -0.137. The second-order valence-electron chi connectivity index (χ2n) is 5.81. The molecule has 1 rings (SSSR count). The molecule has 0 aliphatic carbocycles. The Morgan fingerprint density at radius 1 is 1.29 bits per heavy atom. The summed E-state index contributed by atoms with van der Waals surface area (Å²) in [5.41, 5.74) is 0.472. The normalized spacial score (nSPS) is 11.2. The molecule has 0 radical (unpaired) electrons. The highest BCUT2D eigenvalue weighted by molar-refractivity contribution is 5.88. The molecule has 1 heterocycles. The number of aliphatic carboxylic acids is 1. The number of aromatic nitrogens is 2. The van der Waals surface area contributed by atoms with E-state index in [1.165, 1.54) is 17.1 Å². The number of carboxylic acid groups (broad SMARTS) is 1. The largest absolute Gasteiger partial charge is 0.480 e. The minimum Gasteiger partial charge on any atom is -0.480 e. The Kier molecular flexibility index (Phi) is 6.20. The Labute approximate surface area is 124 Å². The van der Waals surface area contributed by atoms with Crippen LogP contribution in [0.2, 0.25) is 0 Å². The molecular weight excluding hydrogens is 272 g/mol. The van der Waals surface area contributed by atoms with Gasteiger partial charge in [0.05, 0.1) is 11.9 Å². The van der Waals surface area contributed by atoms with Crippen molar-refractivity contribution in [3.05, 3.63) is 12.4 Å². The Morgan fingerprint density at radius 3 is 2.43 bits per heavy atom. The molecule has 0 aliphatic heterocycles. The Morgan fingerprint density at radius 2 is 1.90 bits per heavy atom. The Balaban J connectivity index is 2.46. The number of hydrogen-bond acceptors (Lipinski definition) is 3. The minimum absolute atomic E-state index is 0.230. The first-order valence-corrected chi connectivity index (χ1v) is 7.08. The Hall–Kier alpha value is -2.05. The first-order chi connectivity index (χ1) is 9.79. The molecule has 7 heteroatoms. The molecule has 0 spiro atoms. The summed E-state index contributed by atoms with van der Waals surface area (Å²) in [6.07, 6.45) is 2.90. The monoisotopic (exact) mass is 296 g/mol. The van der Waals surface area contributed by atoms with E-state index in [0.29, 0.717) is 30.0 Å². The fourth-order valence-corrected chi connectivity index (χ4v) is 2.28. The van der Waals surface area contributed by atoms with Gasteiger partial charge >= 0.3 is 12.0 Å². The summed E-state index contributed by atoms with van der Waals surface area (Å²) in [6.45, 7) is 8.93. The van der Waals surface area contributed by atoms with E-state index in [9.17, 15) is 9.59 Å². The molecule has 0 saturated heterocycles. The number of nitrogens with zero attached hydrogens (tertiary/aromatic N) is 2. The molecule has 0 aliphatic rings. The van der Waals surface area contributed by atoms with Crippen molar-refractivity contribution in [3.8, 4) is 0 Å². The summed E-state index contributed by atoms with van der Waals surface area (Å²) in [5.74, 6) is 0.406. The van der Waals surface area contributed by atoms with Gasteiger partial charge in [-0.1, -0.05) is 27.7 Å². The molecule has 3 N–H and O–H groups in total. The summed E-state index contributed by atoms with van der Waals surface area (Å²) in [4.78, 5) is 22.4. The van der Waals surface area contributed by atoms with Gasteiger partial charge in [-0.15, -0.1) is 0 Å². The van der Waals surface area contributed by atoms with Gasteiger partial charge in [-0.25, -0.2) is 4.79 Å². The van der Waals surface area contributed by atoms with Crippen LogP contribution in [0, 0.1) is 17.8 Å². The van der Waals surface area contributed by atoms with E-state index in [1.807, 2.05) is 0 Å². The van der Waals surface area contributed by atoms with Gasteiger partial charge < -0.3 is 15.7 Å². The van der Waals surface area contributed by atoms with E-state index in [4.69, 9.17) is 5.11 Å². The van der Waals surface area contributed by atoms with Crippen molar-refractivity contribution in [2.24, 2.45) is 17.8 Å². The van der Waals surface area contributed by atoms with Crippen LogP contribution < -0.4 is 10.6 Å². The van der Waals surface area contributed by atoms with E-state index in [-0.39, 0.29) is 12.6 Å². The molecule has 1 aromatic rings. The number of rotatable bonds is 7. The molecule has 0 unspecified atom stereocenters. The maximum Gasteiger partial charge on any atom is 0.325 e. The fraction of sp³-hybridized carbons (Fsp3) is 0.643. The minimum atomic E-state index is -0.981. The van der Waals surface area contributed by atoms with Gasteiger partial charge in [0.2, 0.25) is 0 Å². The molecule has 0 bridgehead atoms. The van der Waals surface area contributed by atoms with Crippen LogP contribution >= 0.6 is 0 Å². The van der Waals surface area contributed by atoms with Crippen LogP contribution in [0.5, 0.6) is 0 Å². The zero-order valence-corrected chi connectivity index (χ0v) is 13.0. The van der Waals surface area contributed by atoms with Crippen molar-refractivity contribution in [3.63, 3.8) is 0 Å². The van der Waals surface area contributed by atoms with Crippen LogP contribution in [0.1, 0.15) is 27.7 Å². The first-order valence-electron chi connectivity index (χ1n) is 7.08. The van der Waals surface area contributed by atoms with Crippen molar-refractivity contribution in [1.29, 1.82) is 0 Å². The van der Waals surface area contributed by atoms with E-state index in [1.54, 1.807) is 0 Å². The average molecular weight is 296 g/mol. The Bertz CT molecular complexity index is 474. The van der Waals surface area contributed by atoms with Crippen molar-refractivity contribution >= 4 is 17.7 Å². The molecular formula is C14H24N4O3. The molecule has 1 aromatic heterocycles. The third-order valence-corrected chi connectivity index (χ3v) is 3.40. The molecule has 7 nitrogen and oxygen atoms in total. The van der Waals surface area contributed by atoms with Crippen LogP contribution in [-0.4, -0.2) is 33.4 Å². The van der Waals surface area contributed by atoms with E-state index in [0.717, 1.165) is 0 Å². The highest BCUT2D eigenvalue weighted by atomic mass is 16.4. The number of nitrogens with one attached hydrogen (secondary N) is 2. The van der Waals surface area contributed by atoms with Crippen molar-refractivity contribution < 1.29 is 14.7 Å². The lowest BCUT2D eigenvalue weighted by Crippen LogP contribution is -2.36. The van der Waals surface area contributed by atoms with Crippen molar-refractivity contribution in [2.45, 2.75) is 34.2 Å². The van der Waals surface area contributed by atoms with Crippen LogP contribution in [-0.2, 0) is 11.3 Å². The number of carbonyl (C=O) groups excluding carboxylic acids is 1. The predicted octanol–water partition coefficient (Wildman–Crippen LogP) is 2.02. The number of anilines is 1. The van der Waals surface area contributed by atoms with Crippen molar-refractivity contribution in [1.82, 2.24) is 15.1 Å². The van der Waals surface area contributed by atoms with Crippen LogP contribution in [0.15, 0.2) is 12.4 Å². The molecule has 0 aromatic carbocycles. The van der Waals surface area contributed by atoms with Gasteiger partial charge in [0.15, 0.2) is 0 Å². The highest BCUT2D eigenvalue weighted by Crippen LogP contribution is 2.19. The SMILES string of the molecule is CC(C)C(CNC(=O)Nc1cnn(CC(=O)O)c1)C(C)C. The molecule has 0 atom stereocenters. The number of carbonyl (C=O) groups is 2. The quantitative estimate of drug-likeness (QED) is 0.717. The van der Waals surface area contributed by atoms with Gasteiger partial charge in [0.1, 0.15) is 6.54 Å². The number of carboxylic acids is 1. The third-order valence-electron chi connectivity index (χ3n) is 3.40. The number of hydrogen-bond donors (Lipinski definition) is 3. The maximum atomic E-state index is 11.8. The second-order valence-corrected chi connectivity index (χ2v) is 5.81. The lowest BCUT2D eigenvalue weighted by atomic mass is 9.85. The molecule has 0 saturated carbocycles. The van der Waals surface area contributed by atoms with E-state index >= 15 is 0 Å². The maximum absolute atomic E-state index is 11.8. The summed E-state index contributed by atoms with van der Waals surface area (Å²) >= 11 is 0. The van der Waals surface area contributed by atoms with E-state index < -0.39 is 5.97 Å². The molecule has 0 fully saturated rings. The zero-order chi connectivity index (χ0) is 16.0. The zero-order valence-electron chi connectivity index (χ0n) is 13.0. The van der Waals surface area contributed by atoms with Crippen molar-refractivity contribution in [2.75, 3.05) is 11.9 Å². The first kappa shape index (κ1) is 17.0. The fourth-order valence-electron chi connectivity index (χ4n) is 2.28. The summed E-state index contributed by atoms with van der Waals surface area (Å²) in [6, 6.07) is -0.309. The number of amides is 2. The topological polar surface area (TPSA) is 96.3 Å². The van der Waals surface area contributed by atoms with Gasteiger partial charge in [-0.2, -0.15) is 5.10 Å².